The number of rotatable bonds is 1. The van der Waals surface area contributed by atoms with E-state index in [4.69, 9.17) is 9.15 Å². The van der Waals surface area contributed by atoms with Crippen LogP contribution in [0.4, 0.5) is 10.1 Å². The van der Waals surface area contributed by atoms with Crippen LogP contribution < -0.4 is 15.3 Å². The van der Waals surface area contributed by atoms with Crippen LogP contribution in [0.3, 0.4) is 0 Å². The van der Waals surface area contributed by atoms with Crippen LogP contribution in [0.1, 0.15) is 34.2 Å². The SMILES string of the molecule is Cc1ccc(N2COc3c(cc4c5c(c(=O)oc4c3C)CCC5)C2)cc1F. The maximum atomic E-state index is 14.0. The molecular weight excluding hydrogens is 345 g/mol. The van der Waals surface area contributed by atoms with E-state index in [-0.39, 0.29) is 11.4 Å². The number of fused-ring (bicyclic) bond motifs is 4. The van der Waals surface area contributed by atoms with Crippen molar-refractivity contribution in [1.29, 1.82) is 0 Å². The third kappa shape index (κ3) is 2.45. The molecule has 0 unspecified atom stereocenters. The smallest absolute Gasteiger partial charge is 0.339 e. The van der Waals surface area contributed by atoms with Gasteiger partial charge in [-0.15, -0.1) is 0 Å². The Hall–Kier alpha value is -2.82. The predicted octanol–water partition coefficient (Wildman–Crippen LogP) is 4.39. The van der Waals surface area contributed by atoms with Gasteiger partial charge in [0.2, 0.25) is 0 Å². The van der Waals surface area contributed by atoms with Crippen molar-refractivity contribution >= 4 is 16.7 Å². The van der Waals surface area contributed by atoms with Gasteiger partial charge in [-0.3, -0.25) is 0 Å². The fourth-order valence-corrected chi connectivity index (χ4v) is 4.28. The zero-order valence-electron chi connectivity index (χ0n) is 15.4. The van der Waals surface area contributed by atoms with Crippen LogP contribution in [0.15, 0.2) is 33.5 Å². The van der Waals surface area contributed by atoms with Crippen molar-refractivity contribution in [2.45, 2.75) is 39.7 Å². The molecule has 1 aliphatic carbocycles. The van der Waals surface area contributed by atoms with Crippen molar-refractivity contribution in [2.75, 3.05) is 11.6 Å². The normalized spacial score (nSPS) is 15.6. The molecule has 0 amide bonds. The highest BCUT2D eigenvalue weighted by Crippen LogP contribution is 2.39. The van der Waals surface area contributed by atoms with Gasteiger partial charge in [-0.1, -0.05) is 6.07 Å². The fraction of sp³-hybridized carbons (Fsp3) is 0.318. The summed E-state index contributed by atoms with van der Waals surface area (Å²) >= 11 is 0. The zero-order chi connectivity index (χ0) is 18.7. The number of halogens is 1. The molecule has 2 heterocycles. The van der Waals surface area contributed by atoms with Gasteiger partial charge in [-0.2, -0.15) is 0 Å². The minimum atomic E-state index is -0.217. The Morgan fingerprint density at radius 3 is 2.74 bits per heavy atom. The summed E-state index contributed by atoms with van der Waals surface area (Å²) < 4.78 is 25.6. The molecule has 3 aromatic rings. The maximum absolute atomic E-state index is 14.0. The molecule has 0 bridgehead atoms. The molecule has 0 spiro atoms. The number of anilines is 1. The largest absolute Gasteiger partial charge is 0.472 e. The molecule has 0 saturated carbocycles. The quantitative estimate of drug-likeness (QED) is 0.600. The Labute approximate surface area is 156 Å². The highest BCUT2D eigenvalue weighted by atomic mass is 19.1. The van der Waals surface area contributed by atoms with Gasteiger partial charge in [0.15, 0.2) is 6.73 Å². The van der Waals surface area contributed by atoms with Crippen LogP contribution in [-0.2, 0) is 19.4 Å². The molecule has 27 heavy (non-hydrogen) atoms. The Kier molecular flexibility index (Phi) is 3.54. The number of aryl methyl sites for hydroxylation is 3. The zero-order valence-corrected chi connectivity index (χ0v) is 15.4. The van der Waals surface area contributed by atoms with Crippen molar-refractivity contribution in [2.24, 2.45) is 0 Å². The highest BCUT2D eigenvalue weighted by Gasteiger charge is 2.26. The summed E-state index contributed by atoms with van der Waals surface area (Å²) in [4.78, 5) is 14.3. The van der Waals surface area contributed by atoms with Gasteiger partial charge in [0.25, 0.3) is 0 Å². The summed E-state index contributed by atoms with van der Waals surface area (Å²) in [7, 11) is 0. The van der Waals surface area contributed by atoms with Crippen LogP contribution in [0.2, 0.25) is 0 Å². The van der Waals surface area contributed by atoms with Crippen molar-refractivity contribution in [3.8, 4) is 5.75 Å². The Morgan fingerprint density at radius 1 is 1.11 bits per heavy atom. The average molecular weight is 365 g/mol. The van der Waals surface area contributed by atoms with E-state index < -0.39 is 0 Å². The summed E-state index contributed by atoms with van der Waals surface area (Å²) in [5, 5.41) is 1.01. The molecule has 138 valence electrons. The number of ether oxygens (including phenoxy) is 1. The van der Waals surface area contributed by atoms with Gasteiger partial charge in [-0.25, -0.2) is 9.18 Å². The lowest BCUT2D eigenvalue weighted by molar-refractivity contribution is 0.287. The van der Waals surface area contributed by atoms with Crippen molar-refractivity contribution < 1.29 is 13.5 Å². The lowest BCUT2D eigenvalue weighted by Crippen LogP contribution is -2.32. The van der Waals surface area contributed by atoms with E-state index in [2.05, 4.69) is 6.07 Å². The van der Waals surface area contributed by atoms with Crippen LogP contribution in [0.25, 0.3) is 11.0 Å². The Bertz CT molecular complexity index is 1150. The van der Waals surface area contributed by atoms with Crippen molar-refractivity contribution in [3.05, 3.63) is 68.3 Å². The number of hydrogen-bond donors (Lipinski definition) is 0. The molecule has 0 atom stereocenters. The molecule has 0 fully saturated rings. The Morgan fingerprint density at radius 2 is 1.93 bits per heavy atom. The summed E-state index contributed by atoms with van der Waals surface area (Å²) in [6.45, 7) is 4.65. The van der Waals surface area contributed by atoms with Crippen LogP contribution in [-0.4, -0.2) is 6.73 Å². The lowest BCUT2D eigenvalue weighted by atomic mass is 9.99. The van der Waals surface area contributed by atoms with Gasteiger partial charge in [0.05, 0.1) is 0 Å². The van der Waals surface area contributed by atoms with Crippen LogP contribution in [0.5, 0.6) is 5.75 Å². The van der Waals surface area contributed by atoms with E-state index in [1.54, 1.807) is 19.1 Å². The molecule has 2 aliphatic rings. The van der Waals surface area contributed by atoms with Crippen molar-refractivity contribution in [3.63, 3.8) is 0 Å². The van der Waals surface area contributed by atoms with E-state index in [0.717, 1.165) is 58.3 Å². The first-order chi connectivity index (χ1) is 13.0. The lowest BCUT2D eigenvalue weighted by Gasteiger charge is -2.32. The first-order valence-corrected chi connectivity index (χ1v) is 9.28. The molecular formula is C22H20FNO3. The molecule has 1 aromatic heterocycles. The first-order valence-electron chi connectivity index (χ1n) is 9.28. The molecule has 5 rings (SSSR count). The third-order valence-corrected chi connectivity index (χ3v) is 5.77. The highest BCUT2D eigenvalue weighted by molar-refractivity contribution is 5.87. The minimum Gasteiger partial charge on any atom is -0.472 e. The number of hydrogen-bond acceptors (Lipinski definition) is 4. The topological polar surface area (TPSA) is 42.7 Å². The van der Waals surface area contributed by atoms with E-state index >= 15 is 0 Å². The Balaban J connectivity index is 1.63. The van der Waals surface area contributed by atoms with Crippen LogP contribution >= 0.6 is 0 Å². The number of nitrogens with zero attached hydrogens (tertiary/aromatic N) is 1. The molecule has 4 nitrogen and oxygen atoms in total. The molecule has 5 heteroatoms. The van der Waals surface area contributed by atoms with Gasteiger partial charge in [-0.05, 0) is 62.4 Å². The van der Waals surface area contributed by atoms with Crippen molar-refractivity contribution in [1.82, 2.24) is 0 Å². The van der Waals surface area contributed by atoms with E-state index in [9.17, 15) is 9.18 Å². The second-order valence-corrected chi connectivity index (χ2v) is 7.47. The predicted molar refractivity (Wildman–Crippen MR) is 102 cm³/mol. The van der Waals surface area contributed by atoms with Gasteiger partial charge >= 0.3 is 5.63 Å². The molecule has 2 aromatic carbocycles. The standard InChI is InChI=1S/C22H20FNO3/c1-12-6-7-15(9-19(12)23)24-10-14-8-18-16-4-3-5-17(16)22(25)27-21(18)13(2)20(14)26-11-24/h6-9H,3-5,10-11H2,1-2H3. The second kappa shape index (κ2) is 5.84. The van der Waals surface area contributed by atoms with E-state index in [1.165, 1.54) is 0 Å². The van der Waals surface area contributed by atoms with Gasteiger partial charge < -0.3 is 14.1 Å². The first kappa shape index (κ1) is 16.4. The van der Waals surface area contributed by atoms with Crippen LogP contribution in [0, 0.1) is 19.7 Å². The third-order valence-electron chi connectivity index (χ3n) is 5.77. The van der Waals surface area contributed by atoms with Gasteiger partial charge in [0.1, 0.15) is 17.1 Å². The average Bonchev–Trinajstić information content (AvgIpc) is 3.16. The van der Waals surface area contributed by atoms with Gasteiger partial charge in [0, 0.05) is 34.3 Å². The molecule has 0 saturated heterocycles. The molecule has 0 N–H and O–H groups in total. The van der Waals surface area contributed by atoms with E-state index in [1.807, 2.05) is 17.9 Å². The molecule has 1 aliphatic heterocycles. The maximum Gasteiger partial charge on any atom is 0.339 e. The van der Waals surface area contributed by atoms with E-state index in [0.29, 0.717) is 24.4 Å². The summed E-state index contributed by atoms with van der Waals surface area (Å²) in [6, 6.07) is 7.33. The fourth-order valence-electron chi connectivity index (χ4n) is 4.28. The second-order valence-electron chi connectivity index (χ2n) is 7.47. The summed E-state index contributed by atoms with van der Waals surface area (Å²) in [5.41, 5.74) is 5.68. The minimum absolute atomic E-state index is 0.215. The monoisotopic (exact) mass is 365 g/mol. The molecule has 0 radical (unpaired) electrons. The summed E-state index contributed by atoms with van der Waals surface area (Å²) in [5.74, 6) is 0.556. The summed E-state index contributed by atoms with van der Waals surface area (Å²) in [6.07, 6.45) is 2.68. The number of benzene rings is 2.